The van der Waals surface area contributed by atoms with Gasteiger partial charge in [0.2, 0.25) is 5.76 Å². The lowest BCUT2D eigenvalue weighted by Gasteiger charge is -2.25. The Morgan fingerprint density at radius 3 is 2.25 bits per heavy atom. The number of amides is 1. The van der Waals surface area contributed by atoms with Crippen molar-refractivity contribution < 1.29 is 9.21 Å². The molecule has 1 aromatic heterocycles. The van der Waals surface area contributed by atoms with Gasteiger partial charge < -0.3 is 9.32 Å². The largest absolute Gasteiger partial charge is 0.450 e. The summed E-state index contributed by atoms with van der Waals surface area (Å²) < 4.78 is 7.03. The molecule has 0 N–H and O–H groups in total. The van der Waals surface area contributed by atoms with E-state index >= 15 is 0 Å². The first-order valence-electron chi connectivity index (χ1n) is 10.5. The highest BCUT2D eigenvalue weighted by Crippen LogP contribution is 2.39. The fourth-order valence-corrected chi connectivity index (χ4v) is 4.58. The molecule has 0 spiro atoms. The molecule has 0 saturated heterocycles. The fourth-order valence-electron chi connectivity index (χ4n) is 4.32. The van der Waals surface area contributed by atoms with Crippen molar-refractivity contribution in [3.05, 3.63) is 115 Å². The number of fused-ring (bicyclic) bond motifs is 2. The lowest BCUT2D eigenvalue weighted by Crippen LogP contribution is -2.29. The minimum Gasteiger partial charge on any atom is -0.450 e. The molecule has 0 fully saturated rings. The van der Waals surface area contributed by atoms with Gasteiger partial charge in [-0.3, -0.25) is 9.59 Å². The van der Waals surface area contributed by atoms with Crippen LogP contribution >= 0.6 is 15.9 Å². The zero-order valence-corrected chi connectivity index (χ0v) is 19.7. The van der Waals surface area contributed by atoms with Crippen LogP contribution in [0.1, 0.15) is 50.0 Å². The minimum absolute atomic E-state index is 0.142. The van der Waals surface area contributed by atoms with Crippen molar-refractivity contribution in [3.8, 4) is 0 Å². The van der Waals surface area contributed by atoms with E-state index in [1.54, 1.807) is 4.90 Å². The molecule has 1 aliphatic rings. The molecule has 0 saturated carbocycles. The molecule has 0 radical (unpaired) electrons. The molecule has 3 aromatic carbocycles. The van der Waals surface area contributed by atoms with E-state index in [2.05, 4.69) is 15.9 Å². The van der Waals surface area contributed by atoms with E-state index in [0.717, 1.165) is 32.3 Å². The molecular formula is C27H22BrNO3. The van der Waals surface area contributed by atoms with Crippen molar-refractivity contribution in [2.75, 3.05) is 0 Å². The van der Waals surface area contributed by atoms with E-state index in [4.69, 9.17) is 4.42 Å². The monoisotopic (exact) mass is 487 g/mol. The van der Waals surface area contributed by atoms with Crippen LogP contribution in [-0.4, -0.2) is 10.8 Å². The normalized spacial score (nSPS) is 15.4. The number of nitrogens with zero attached hydrogens (tertiary/aromatic N) is 1. The van der Waals surface area contributed by atoms with Gasteiger partial charge in [-0.1, -0.05) is 57.9 Å². The van der Waals surface area contributed by atoms with Crippen molar-refractivity contribution in [2.24, 2.45) is 0 Å². The quantitative estimate of drug-likeness (QED) is 0.344. The molecule has 0 bridgehead atoms. The summed E-state index contributed by atoms with van der Waals surface area (Å²) >= 11 is 3.47. The van der Waals surface area contributed by atoms with Crippen molar-refractivity contribution in [1.29, 1.82) is 0 Å². The van der Waals surface area contributed by atoms with Gasteiger partial charge in [-0.05, 0) is 67.3 Å². The highest BCUT2D eigenvalue weighted by molar-refractivity contribution is 9.10. The smallest absolute Gasteiger partial charge is 0.291 e. The highest BCUT2D eigenvalue weighted by atomic mass is 79.9. The van der Waals surface area contributed by atoms with Gasteiger partial charge in [0.05, 0.1) is 17.0 Å². The molecule has 1 atom stereocenters. The van der Waals surface area contributed by atoms with Crippen molar-refractivity contribution in [2.45, 2.75) is 33.4 Å². The van der Waals surface area contributed by atoms with E-state index in [1.165, 1.54) is 0 Å². The van der Waals surface area contributed by atoms with Crippen LogP contribution in [0.5, 0.6) is 0 Å². The van der Waals surface area contributed by atoms with Crippen molar-refractivity contribution in [3.63, 3.8) is 0 Å². The summed E-state index contributed by atoms with van der Waals surface area (Å²) in [4.78, 5) is 29.0. The predicted octanol–water partition coefficient (Wildman–Crippen LogP) is 6.23. The lowest BCUT2D eigenvalue weighted by atomic mass is 9.97. The van der Waals surface area contributed by atoms with E-state index in [1.807, 2.05) is 81.4 Å². The van der Waals surface area contributed by atoms with Gasteiger partial charge in [0.15, 0.2) is 5.43 Å². The second-order valence-corrected chi connectivity index (χ2v) is 9.40. The number of carbonyl (C=O) groups is 1. The third kappa shape index (κ3) is 3.37. The van der Waals surface area contributed by atoms with E-state index < -0.39 is 6.04 Å². The molecule has 0 aliphatic carbocycles. The van der Waals surface area contributed by atoms with Crippen LogP contribution in [-0.2, 0) is 6.54 Å². The fraction of sp³-hybridized carbons (Fsp3) is 0.185. The summed E-state index contributed by atoms with van der Waals surface area (Å²) in [5.41, 5.74) is 5.81. The second kappa shape index (κ2) is 7.75. The third-order valence-electron chi connectivity index (χ3n) is 6.24. The Morgan fingerprint density at radius 2 is 1.56 bits per heavy atom. The molecule has 2 heterocycles. The number of hydrogen-bond acceptors (Lipinski definition) is 3. The maximum absolute atomic E-state index is 13.7. The van der Waals surface area contributed by atoms with Crippen LogP contribution in [0.4, 0.5) is 0 Å². The summed E-state index contributed by atoms with van der Waals surface area (Å²) in [6.45, 7) is 6.36. The Labute approximate surface area is 194 Å². The topological polar surface area (TPSA) is 50.5 Å². The molecule has 32 heavy (non-hydrogen) atoms. The van der Waals surface area contributed by atoms with Crippen LogP contribution in [0.15, 0.2) is 74.3 Å². The summed E-state index contributed by atoms with van der Waals surface area (Å²) in [7, 11) is 0. The number of benzene rings is 3. The van der Waals surface area contributed by atoms with Gasteiger partial charge in [0.1, 0.15) is 5.58 Å². The first-order chi connectivity index (χ1) is 15.3. The Kier molecular flexibility index (Phi) is 5.01. The van der Waals surface area contributed by atoms with Crippen molar-refractivity contribution in [1.82, 2.24) is 4.90 Å². The zero-order valence-electron chi connectivity index (χ0n) is 18.1. The number of aryl methyl sites for hydroxylation is 3. The summed E-state index contributed by atoms with van der Waals surface area (Å²) in [6.07, 6.45) is 0. The SMILES string of the molecule is Cc1ccc(CN2C(=O)c3oc4cc(C)c(C)cc4c(=O)c3C2c2ccc(Br)cc2)cc1. The molecule has 1 unspecified atom stereocenters. The molecule has 1 amide bonds. The number of rotatable bonds is 3. The molecular weight excluding hydrogens is 466 g/mol. The maximum atomic E-state index is 13.7. The third-order valence-corrected chi connectivity index (χ3v) is 6.77. The first kappa shape index (κ1) is 20.7. The second-order valence-electron chi connectivity index (χ2n) is 8.48. The predicted molar refractivity (Wildman–Crippen MR) is 129 cm³/mol. The van der Waals surface area contributed by atoms with Crippen LogP contribution < -0.4 is 5.43 Å². The Hall–Kier alpha value is -3.18. The van der Waals surface area contributed by atoms with Gasteiger partial charge in [-0.2, -0.15) is 0 Å². The highest BCUT2D eigenvalue weighted by Gasteiger charge is 2.42. The van der Waals surface area contributed by atoms with E-state index in [-0.39, 0.29) is 17.1 Å². The molecule has 160 valence electrons. The molecule has 5 rings (SSSR count). The van der Waals surface area contributed by atoms with Gasteiger partial charge in [0.25, 0.3) is 5.91 Å². The van der Waals surface area contributed by atoms with Gasteiger partial charge in [-0.15, -0.1) is 0 Å². The van der Waals surface area contributed by atoms with Crippen LogP contribution in [0.25, 0.3) is 11.0 Å². The summed E-state index contributed by atoms with van der Waals surface area (Å²) in [5, 5.41) is 0.513. The maximum Gasteiger partial charge on any atom is 0.291 e. The summed E-state index contributed by atoms with van der Waals surface area (Å²) in [6, 6.07) is 19.0. The van der Waals surface area contributed by atoms with Gasteiger partial charge in [0, 0.05) is 11.0 Å². The van der Waals surface area contributed by atoms with E-state index in [9.17, 15) is 9.59 Å². The number of carbonyl (C=O) groups excluding carboxylic acids is 1. The number of hydrogen-bond donors (Lipinski definition) is 0. The Balaban J connectivity index is 1.73. The van der Waals surface area contributed by atoms with E-state index in [0.29, 0.717) is 23.1 Å². The van der Waals surface area contributed by atoms with Gasteiger partial charge in [-0.25, -0.2) is 0 Å². The Bertz CT molecular complexity index is 1420. The Morgan fingerprint density at radius 1 is 0.906 bits per heavy atom. The standard InChI is InChI=1S/C27H22BrNO3/c1-15-4-6-18(7-5-15)14-29-24(19-8-10-20(28)11-9-19)23-25(30)21-12-16(2)17(3)13-22(21)32-26(23)27(29)31/h4-13,24H,14H2,1-3H3. The van der Waals surface area contributed by atoms with Crippen molar-refractivity contribution >= 4 is 32.8 Å². The summed E-state index contributed by atoms with van der Waals surface area (Å²) in [5.74, 6) is -0.114. The lowest BCUT2D eigenvalue weighted by molar-refractivity contribution is 0.0714. The average molecular weight is 488 g/mol. The molecule has 4 nitrogen and oxygen atoms in total. The zero-order chi connectivity index (χ0) is 22.6. The molecule has 1 aliphatic heterocycles. The minimum atomic E-state index is -0.505. The average Bonchev–Trinajstić information content (AvgIpc) is 3.04. The van der Waals surface area contributed by atoms with Crippen LogP contribution in [0.3, 0.4) is 0 Å². The van der Waals surface area contributed by atoms with Crippen LogP contribution in [0, 0.1) is 20.8 Å². The number of halogens is 1. The molecule has 4 aromatic rings. The van der Waals surface area contributed by atoms with Crippen LogP contribution in [0.2, 0.25) is 0 Å². The molecule has 5 heteroatoms. The first-order valence-corrected chi connectivity index (χ1v) is 11.3. The van der Waals surface area contributed by atoms with Gasteiger partial charge >= 0.3 is 0 Å².